The fourth-order valence-corrected chi connectivity index (χ4v) is 1.64. The van der Waals surface area contributed by atoms with Gasteiger partial charge in [-0.15, -0.1) is 0 Å². The summed E-state index contributed by atoms with van der Waals surface area (Å²) >= 11 is 3.36. The standard InChI is InChI=1S/C9H12BrN7/c1-17-5-6(3-14-17)2-12-8-7(10)4-13-9(15-8)16-11/h3-5H,2,11H2,1H3,(H2,12,13,15,16). The van der Waals surface area contributed by atoms with Gasteiger partial charge >= 0.3 is 0 Å². The van der Waals surface area contributed by atoms with Crippen LogP contribution in [0.5, 0.6) is 0 Å². The second-order valence-corrected chi connectivity index (χ2v) is 4.26. The van der Waals surface area contributed by atoms with Crippen molar-refractivity contribution in [2.45, 2.75) is 6.54 Å². The molecule has 2 heterocycles. The molecule has 0 saturated heterocycles. The van der Waals surface area contributed by atoms with Gasteiger partial charge in [0.05, 0.1) is 10.7 Å². The minimum Gasteiger partial charge on any atom is -0.365 e. The number of nitrogens with zero attached hydrogens (tertiary/aromatic N) is 4. The van der Waals surface area contributed by atoms with Crippen molar-refractivity contribution in [3.05, 3.63) is 28.6 Å². The molecule has 90 valence electrons. The number of rotatable bonds is 4. The Morgan fingerprint density at radius 1 is 1.47 bits per heavy atom. The van der Waals surface area contributed by atoms with Gasteiger partial charge in [0.1, 0.15) is 5.82 Å². The first-order valence-electron chi connectivity index (χ1n) is 4.89. The molecule has 0 atom stereocenters. The van der Waals surface area contributed by atoms with Crippen molar-refractivity contribution in [1.29, 1.82) is 0 Å². The molecule has 2 rings (SSSR count). The van der Waals surface area contributed by atoms with Gasteiger partial charge in [-0.25, -0.2) is 10.8 Å². The van der Waals surface area contributed by atoms with E-state index >= 15 is 0 Å². The van der Waals surface area contributed by atoms with E-state index in [9.17, 15) is 0 Å². The average Bonchev–Trinajstić information content (AvgIpc) is 2.74. The number of halogens is 1. The second-order valence-electron chi connectivity index (χ2n) is 3.41. The molecule has 0 spiro atoms. The number of aryl methyl sites for hydroxylation is 1. The van der Waals surface area contributed by atoms with Gasteiger partial charge in [0.15, 0.2) is 0 Å². The molecule has 7 nitrogen and oxygen atoms in total. The summed E-state index contributed by atoms with van der Waals surface area (Å²) in [5, 5.41) is 7.26. The Bertz CT molecular complexity index is 510. The Balaban J connectivity index is 2.07. The van der Waals surface area contributed by atoms with Crippen LogP contribution in [0, 0.1) is 0 Å². The maximum absolute atomic E-state index is 5.25. The van der Waals surface area contributed by atoms with Crippen molar-refractivity contribution in [2.75, 3.05) is 10.7 Å². The maximum Gasteiger partial charge on any atom is 0.239 e. The molecule has 0 fully saturated rings. The van der Waals surface area contributed by atoms with E-state index in [1.54, 1.807) is 17.1 Å². The Kier molecular flexibility index (Phi) is 3.55. The zero-order valence-corrected chi connectivity index (χ0v) is 10.8. The fourth-order valence-electron chi connectivity index (χ4n) is 1.31. The van der Waals surface area contributed by atoms with Gasteiger partial charge < -0.3 is 5.32 Å². The van der Waals surface area contributed by atoms with Crippen LogP contribution in [-0.2, 0) is 13.6 Å². The van der Waals surface area contributed by atoms with E-state index in [1.165, 1.54) is 0 Å². The number of nitrogen functional groups attached to an aromatic ring is 1. The third-order valence-electron chi connectivity index (χ3n) is 2.09. The molecule has 0 unspecified atom stereocenters. The van der Waals surface area contributed by atoms with Crippen molar-refractivity contribution >= 4 is 27.7 Å². The van der Waals surface area contributed by atoms with Crippen LogP contribution >= 0.6 is 15.9 Å². The summed E-state index contributed by atoms with van der Waals surface area (Å²) in [5.74, 6) is 6.29. The highest BCUT2D eigenvalue weighted by molar-refractivity contribution is 9.10. The van der Waals surface area contributed by atoms with Gasteiger partial charge in [-0.1, -0.05) is 0 Å². The molecule has 0 aliphatic heterocycles. The van der Waals surface area contributed by atoms with Crippen LogP contribution in [0.1, 0.15) is 5.56 Å². The highest BCUT2D eigenvalue weighted by Gasteiger charge is 2.04. The summed E-state index contributed by atoms with van der Waals surface area (Å²) in [6, 6.07) is 0. The monoisotopic (exact) mass is 297 g/mol. The summed E-state index contributed by atoms with van der Waals surface area (Å²) in [6.07, 6.45) is 5.36. The largest absolute Gasteiger partial charge is 0.365 e. The molecule has 0 radical (unpaired) electrons. The highest BCUT2D eigenvalue weighted by atomic mass is 79.9. The molecule has 0 saturated carbocycles. The summed E-state index contributed by atoms with van der Waals surface area (Å²) in [5.41, 5.74) is 3.47. The van der Waals surface area contributed by atoms with Crippen molar-refractivity contribution in [2.24, 2.45) is 12.9 Å². The second kappa shape index (κ2) is 5.11. The molecule has 4 N–H and O–H groups in total. The van der Waals surface area contributed by atoms with Gasteiger partial charge in [0.2, 0.25) is 5.95 Å². The number of aromatic nitrogens is 4. The van der Waals surface area contributed by atoms with Crippen LogP contribution < -0.4 is 16.6 Å². The predicted molar refractivity (Wildman–Crippen MR) is 68.1 cm³/mol. The van der Waals surface area contributed by atoms with E-state index in [0.717, 1.165) is 10.0 Å². The number of nitrogens with one attached hydrogen (secondary N) is 2. The van der Waals surface area contributed by atoms with Crippen LogP contribution in [0.25, 0.3) is 0 Å². The van der Waals surface area contributed by atoms with Gasteiger partial charge in [-0.05, 0) is 15.9 Å². The minimum atomic E-state index is 0.363. The molecule has 0 amide bonds. The van der Waals surface area contributed by atoms with E-state index in [2.05, 4.69) is 41.7 Å². The van der Waals surface area contributed by atoms with Gasteiger partial charge in [0.25, 0.3) is 0 Å². The lowest BCUT2D eigenvalue weighted by Gasteiger charge is -2.07. The minimum absolute atomic E-state index is 0.363. The molecular weight excluding hydrogens is 286 g/mol. The number of nitrogens with two attached hydrogens (primary N) is 1. The Labute approximate surface area is 107 Å². The molecule has 0 aliphatic carbocycles. The quantitative estimate of drug-likeness (QED) is 0.573. The number of hydrogen-bond donors (Lipinski definition) is 3. The normalized spacial score (nSPS) is 10.3. The molecular formula is C9H12BrN7. The summed E-state index contributed by atoms with van der Waals surface area (Å²) in [7, 11) is 1.88. The Morgan fingerprint density at radius 3 is 2.94 bits per heavy atom. The van der Waals surface area contributed by atoms with Crippen molar-refractivity contribution < 1.29 is 0 Å². The van der Waals surface area contributed by atoms with Crippen LogP contribution in [0.4, 0.5) is 11.8 Å². The summed E-state index contributed by atoms with van der Waals surface area (Å²) in [6.45, 7) is 0.632. The van der Waals surface area contributed by atoms with E-state index < -0.39 is 0 Å². The van der Waals surface area contributed by atoms with E-state index in [0.29, 0.717) is 18.3 Å². The van der Waals surface area contributed by atoms with Gasteiger partial charge in [-0.2, -0.15) is 10.1 Å². The van der Waals surface area contributed by atoms with Crippen molar-refractivity contribution in [3.63, 3.8) is 0 Å². The van der Waals surface area contributed by atoms with Gasteiger partial charge in [-0.3, -0.25) is 10.1 Å². The first-order valence-corrected chi connectivity index (χ1v) is 5.69. The average molecular weight is 298 g/mol. The van der Waals surface area contributed by atoms with Crippen LogP contribution in [0.15, 0.2) is 23.1 Å². The summed E-state index contributed by atoms with van der Waals surface area (Å²) in [4.78, 5) is 8.15. The molecule has 0 aliphatic rings. The molecule has 2 aromatic rings. The Morgan fingerprint density at radius 2 is 2.29 bits per heavy atom. The number of hydrazine groups is 1. The predicted octanol–water partition coefficient (Wildman–Crippen LogP) is 0.870. The third kappa shape index (κ3) is 2.92. The van der Waals surface area contributed by atoms with Crippen LogP contribution in [-0.4, -0.2) is 19.7 Å². The van der Waals surface area contributed by atoms with Gasteiger partial charge in [0, 0.05) is 31.5 Å². The lowest BCUT2D eigenvalue weighted by atomic mass is 10.3. The van der Waals surface area contributed by atoms with E-state index in [-0.39, 0.29) is 0 Å². The topological polar surface area (TPSA) is 93.7 Å². The zero-order valence-electron chi connectivity index (χ0n) is 9.18. The first-order chi connectivity index (χ1) is 8.19. The summed E-state index contributed by atoms with van der Waals surface area (Å²) < 4.78 is 2.53. The van der Waals surface area contributed by atoms with Crippen LogP contribution in [0.3, 0.4) is 0 Å². The fraction of sp³-hybridized carbons (Fsp3) is 0.222. The van der Waals surface area contributed by atoms with E-state index in [1.807, 2.05) is 13.2 Å². The van der Waals surface area contributed by atoms with E-state index in [4.69, 9.17) is 5.84 Å². The smallest absolute Gasteiger partial charge is 0.239 e. The molecule has 2 aromatic heterocycles. The molecule has 17 heavy (non-hydrogen) atoms. The zero-order chi connectivity index (χ0) is 12.3. The highest BCUT2D eigenvalue weighted by Crippen LogP contribution is 2.20. The lowest BCUT2D eigenvalue weighted by molar-refractivity contribution is 0.767. The third-order valence-corrected chi connectivity index (χ3v) is 2.67. The maximum atomic E-state index is 5.25. The van der Waals surface area contributed by atoms with Crippen molar-refractivity contribution in [1.82, 2.24) is 19.7 Å². The SMILES string of the molecule is Cn1cc(CNc2nc(NN)ncc2Br)cn1. The molecule has 0 aromatic carbocycles. The number of anilines is 2. The van der Waals surface area contributed by atoms with Crippen molar-refractivity contribution in [3.8, 4) is 0 Å². The Hall–Kier alpha value is -1.67. The molecule has 0 bridgehead atoms. The number of hydrogen-bond acceptors (Lipinski definition) is 6. The lowest BCUT2D eigenvalue weighted by Crippen LogP contribution is -2.12. The first kappa shape index (κ1) is 11.8. The van der Waals surface area contributed by atoms with Crippen LogP contribution in [0.2, 0.25) is 0 Å². The molecule has 8 heteroatoms.